The van der Waals surface area contributed by atoms with Crippen molar-refractivity contribution in [2.75, 3.05) is 46.5 Å². The van der Waals surface area contributed by atoms with Gasteiger partial charge in [0.2, 0.25) is 16.0 Å². The number of hydrogen-bond donors (Lipinski definition) is 2. The molecule has 2 aromatic heterocycles. The molecule has 224 valence electrons. The van der Waals surface area contributed by atoms with Gasteiger partial charge in [-0.15, -0.1) is 9.90 Å². The number of alkyl halides is 2. The number of halogens is 2. The van der Waals surface area contributed by atoms with E-state index in [0.717, 1.165) is 37.2 Å². The zero-order valence-corrected chi connectivity index (χ0v) is 23.9. The summed E-state index contributed by atoms with van der Waals surface area (Å²) in [4.78, 5) is 25.3. The van der Waals surface area contributed by atoms with E-state index in [-0.39, 0.29) is 31.6 Å². The van der Waals surface area contributed by atoms with Crippen molar-refractivity contribution in [1.82, 2.24) is 25.0 Å². The van der Waals surface area contributed by atoms with E-state index in [1.165, 1.54) is 17.6 Å². The van der Waals surface area contributed by atoms with E-state index in [4.69, 9.17) is 5.11 Å². The standard InChI is InChI=1S/C27H32F2N8O4S/c1-18-14-23(32-25(31-18)36-12-8-27(28,29)9-13-36)37-30-16-21(33-37)20-3-2-19(34-42(40,41)17-24(38)39)15-22(20)35-10-6-26(4-5-26)7-11-35/h2-3,14-16,34H,4-13,17H2,1H3,(H,38,39). The lowest BCUT2D eigenvalue weighted by Gasteiger charge is -2.35. The maximum atomic E-state index is 13.7. The molecule has 4 heterocycles. The molecule has 3 fully saturated rings. The number of carboxylic acids is 1. The number of anilines is 3. The molecule has 6 rings (SSSR count). The molecule has 0 bridgehead atoms. The fourth-order valence-electron chi connectivity index (χ4n) is 5.66. The molecule has 1 spiro atoms. The SMILES string of the molecule is Cc1cc(-n2ncc(-c3ccc(NS(=O)(=O)CC(=O)O)cc3N3CCC4(CC3)CC4)n2)nc(N2CCC(F)(F)CC2)n1. The molecule has 15 heteroatoms. The summed E-state index contributed by atoms with van der Waals surface area (Å²) < 4.78 is 54.4. The van der Waals surface area contributed by atoms with Crippen LogP contribution >= 0.6 is 0 Å². The van der Waals surface area contributed by atoms with Gasteiger partial charge >= 0.3 is 5.97 Å². The minimum atomic E-state index is -4.08. The van der Waals surface area contributed by atoms with Crippen molar-refractivity contribution < 1.29 is 27.1 Å². The zero-order chi connectivity index (χ0) is 29.7. The summed E-state index contributed by atoms with van der Waals surface area (Å²) in [6.45, 7) is 3.70. The molecule has 1 saturated carbocycles. The second kappa shape index (κ2) is 10.4. The molecule has 0 radical (unpaired) electrons. The van der Waals surface area contributed by atoms with Gasteiger partial charge in [0.15, 0.2) is 11.6 Å². The minimum Gasteiger partial charge on any atom is -0.480 e. The average molecular weight is 603 g/mol. The Labute approximate surface area is 241 Å². The van der Waals surface area contributed by atoms with Crippen LogP contribution in [-0.4, -0.2) is 82.3 Å². The molecule has 3 aromatic rings. The number of benzene rings is 1. The Kier molecular flexibility index (Phi) is 7.02. The Morgan fingerprint density at radius 1 is 1.00 bits per heavy atom. The Balaban J connectivity index is 1.30. The first-order valence-electron chi connectivity index (χ1n) is 13.9. The van der Waals surface area contributed by atoms with E-state index < -0.39 is 27.7 Å². The molecule has 2 N–H and O–H groups in total. The third-order valence-corrected chi connectivity index (χ3v) is 9.46. The maximum Gasteiger partial charge on any atom is 0.320 e. The molecular weight excluding hydrogens is 570 g/mol. The van der Waals surface area contributed by atoms with Crippen LogP contribution in [0, 0.1) is 12.3 Å². The summed E-state index contributed by atoms with van der Waals surface area (Å²) in [5, 5.41) is 18.1. The first kappa shape index (κ1) is 28.2. The quantitative estimate of drug-likeness (QED) is 0.393. The fraction of sp³-hybridized carbons (Fsp3) is 0.519. The van der Waals surface area contributed by atoms with Crippen molar-refractivity contribution in [2.24, 2.45) is 5.41 Å². The summed E-state index contributed by atoms with van der Waals surface area (Å²) in [5.74, 6) is -4.42. The van der Waals surface area contributed by atoms with Crippen LogP contribution in [0.4, 0.5) is 26.1 Å². The number of sulfonamides is 1. The largest absolute Gasteiger partial charge is 0.480 e. The van der Waals surface area contributed by atoms with Crippen LogP contribution < -0.4 is 14.5 Å². The number of rotatable bonds is 8. The molecule has 3 aliphatic rings. The number of nitrogens with zero attached hydrogens (tertiary/aromatic N) is 7. The molecule has 1 aromatic carbocycles. The second-order valence-electron chi connectivity index (χ2n) is 11.5. The molecule has 0 amide bonds. The summed E-state index contributed by atoms with van der Waals surface area (Å²) >= 11 is 0. The van der Waals surface area contributed by atoms with E-state index in [1.54, 1.807) is 42.3 Å². The van der Waals surface area contributed by atoms with Gasteiger partial charge in [0.1, 0.15) is 5.69 Å². The third kappa shape index (κ3) is 6.15. The van der Waals surface area contributed by atoms with E-state index >= 15 is 0 Å². The van der Waals surface area contributed by atoms with Crippen molar-refractivity contribution in [2.45, 2.75) is 51.4 Å². The lowest BCUT2D eigenvalue weighted by atomic mass is 9.93. The molecule has 0 atom stereocenters. The highest BCUT2D eigenvalue weighted by Crippen LogP contribution is 2.54. The van der Waals surface area contributed by atoms with Crippen LogP contribution in [0.25, 0.3) is 17.1 Å². The van der Waals surface area contributed by atoms with Crippen molar-refractivity contribution >= 4 is 33.3 Å². The van der Waals surface area contributed by atoms with Crippen LogP contribution in [0.1, 0.15) is 44.2 Å². The number of nitrogens with one attached hydrogen (secondary N) is 1. The Morgan fingerprint density at radius 3 is 2.36 bits per heavy atom. The number of aliphatic carboxylic acids is 1. The van der Waals surface area contributed by atoms with Gasteiger partial charge in [0.05, 0.1) is 11.9 Å². The van der Waals surface area contributed by atoms with Gasteiger partial charge in [0, 0.05) is 62.0 Å². The molecular formula is C27H32F2N8O4S. The van der Waals surface area contributed by atoms with Crippen LogP contribution in [0.5, 0.6) is 0 Å². The summed E-state index contributed by atoms with van der Waals surface area (Å²) in [5.41, 5.74) is 3.37. The van der Waals surface area contributed by atoms with E-state index in [9.17, 15) is 22.0 Å². The second-order valence-corrected chi connectivity index (χ2v) is 13.2. The van der Waals surface area contributed by atoms with Gasteiger partial charge in [-0.25, -0.2) is 22.2 Å². The lowest BCUT2D eigenvalue weighted by molar-refractivity contribution is -0.134. The summed E-state index contributed by atoms with van der Waals surface area (Å²) in [6, 6.07) is 6.74. The minimum absolute atomic E-state index is 0.150. The highest BCUT2D eigenvalue weighted by molar-refractivity contribution is 7.93. The highest BCUT2D eigenvalue weighted by atomic mass is 32.2. The van der Waals surface area contributed by atoms with E-state index in [0.29, 0.717) is 28.6 Å². The lowest BCUT2D eigenvalue weighted by Crippen LogP contribution is -2.40. The predicted molar refractivity (Wildman–Crippen MR) is 152 cm³/mol. The molecule has 2 aliphatic heterocycles. The fourth-order valence-corrected chi connectivity index (χ4v) is 6.54. The molecule has 42 heavy (non-hydrogen) atoms. The van der Waals surface area contributed by atoms with Crippen LogP contribution in [-0.2, 0) is 14.8 Å². The van der Waals surface area contributed by atoms with Crippen molar-refractivity contribution in [3.63, 3.8) is 0 Å². The number of carbonyl (C=O) groups is 1. The number of aryl methyl sites for hydroxylation is 1. The monoisotopic (exact) mass is 602 g/mol. The average Bonchev–Trinajstić information content (AvgIpc) is 3.47. The van der Waals surface area contributed by atoms with Crippen molar-refractivity contribution in [3.05, 3.63) is 36.2 Å². The van der Waals surface area contributed by atoms with E-state index in [1.807, 2.05) is 0 Å². The predicted octanol–water partition coefficient (Wildman–Crippen LogP) is 3.47. The highest BCUT2D eigenvalue weighted by Gasteiger charge is 2.44. The topological polar surface area (TPSA) is 146 Å². The smallest absolute Gasteiger partial charge is 0.320 e. The van der Waals surface area contributed by atoms with E-state index in [2.05, 4.69) is 29.8 Å². The van der Waals surface area contributed by atoms with Crippen LogP contribution in [0.3, 0.4) is 0 Å². The maximum absolute atomic E-state index is 13.7. The number of hydrogen-bond acceptors (Lipinski definition) is 9. The van der Waals surface area contributed by atoms with Crippen LogP contribution in [0.2, 0.25) is 0 Å². The van der Waals surface area contributed by atoms with Gasteiger partial charge in [0.25, 0.3) is 5.92 Å². The first-order valence-corrected chi connectivity index (χ1v) is 15.6. The Bertz CT molecular complexity index is 1610. The van der Waals surface area contributed by atoms with Gasteiger partial charge < -0.3 is 14.9 Å². The first-order chi connectivity index (χ1) is 19.9. The third-order valence-electron chi connectivity index (χ3n) is 8.29. The zero-order valence-electron chi connectivity index (χ0n) is 23.1. The number of piperidine rings is 2. The Hall–Kier alpha value is -3.88. The normalized spacial score (nSPS) is 19.6. The van der Waals surface area contributed by atoms with Gasteiger partial charge in [-0.1, -0.05) is 0 Å². The molecule has 0 unspecified atom stereocenters. The Morgan fingerprint density at radius 2 is 1.69 bits per heavy atom. The summed E-state index contributed by atoms with van der Waals surface area (Å²) in [7, 11) is -4.08. The van der Waals surface area contributed by atoms with Gasteiger partial charge in [-0.2, -0.15) is 10.1 Å². The number of aromatic nitrogens is 5. The molecule has 2 saturated heterocycles. The molecule has 12 nitrogen and oxygen atoms in total. The number of carboxylic acid groups (broad SMARTS) is 1. The van der Waals surface area contributed by atoms with Gasteiger partial charge in [-0.3, -0.25) is 9.52 Å². The molecule has 1 aliphatic carbocycles. The van der Waals surface area contributed by atoms with Gasteiger partial charge in [-0.05, 0) is 56.2 Å². The van der Waals surface area contributed by atoms with Crippen LogP contribution in [0.15, 0.2) is 30.5 Å². The summed E-state index contributed by atoms with van der Waals surface area (Å²) in [6.07, 6.45) is 5.63. The van der Waals surface area contributed by atoms with Crippen molar-refractivity contribution in [3.8, 4) is 17.1 Å². The van der Waals surface area contributed by atoms with Crippen molar-refractivity contribution in [1.29, 1.82) is 0 Å².